The van der Waals surface area contributed by atoms with Gasteiger partial charge >= 0.3 is 0 Å². The molecule has 4 aromatic carbocycles. The maximum absolute atomic E-state index is 2.37. The largest absolute Gasteiger partial charge is 1.00 e. The van der Waals surface area contributed by atoms with E-state index in [4.69, 9.17) is 0 Å². The summed E-state index contributed by atoms with van der Waals surface area (Å²) < 4.78 is 0. The molecule has 0 fully saturated rings. The lowest BCUT2D eigenvalue weighted by atomic mass is 10.1. The zero-order valence-corrected chi connectivity index (χ0v) is 18.6. The van der Waals surface area contributed by atoms with Gasteiger partial charge in [0.15, 0.2) is 0 Å². The van der Waals surface area contributed by atoms with Gasteiger partial charge in [0.2, 0.25) is 0 Å². The van der Waals surface area contributed by atoms with Crippen LogP contribution in [0.25, 0.3) is 0 Å². The molecule has 0 radical (unpaired) electrons. The number of aryl methyl sites for hydroxylation is 2. The Hall–Kier alpha value is -2.40. The molecule has 0 amide bonds. The highest BCUT2D eigenvalue weighted by molar-refractivity contribution is 7.95. The Kier molecular flexibility index (Phi) is 6.91. The van der Waals surface area contributed by atoms with Crippen LogP contribution in [0.5, 0.6) is 0 Å². The van der Waals surface area contributed by atoms with Crippen molar-refractivity contribution in [3.63, 3.8) is 0 Å². The van der Waals surface area contributed by atoms with E-state index in [0.29, 0.717) is 0 Å². The molecule has 0 aromatic heterocycles. The maximum Gasteiger partial charge on any atom is 0.116 e. The molecule has 0 bridgehead atoms. The van der Waals surface area contributed by atoms with E-state index in [2.05, 4.69) is 123 Å². The number of rotatable bonds is 5. The van der Waals surface area contributed by atoms with Crippen molar-refractivity contribution in [2.45, 2.75) is 20.0 Å². The first-order valence-corrected chi connectivity index (χ1v) is 11.8. The third kappa shape index (κ3) is 4.30. The molecule has 0 aliphatic rings. The molecule has 146 valence electrons. The summed E-state index contributed by atoms with van der Waals surface area (Å²) in [5.41, 5.74) is 4.15. The van der Waals surface area contributed by atoms with E-state index >= 15 is 0 Å². The van der Waals surface area contributed by atoms with Crippen LogP contribution < -0.4 is 28.3 Å². The summed E-state index contributed by atoms with van der Waals surface area (Å²) in [5, 5.41) is 4.31. The van der Waals surface area contributed by atoms with Crippen molar-refractivity contribution in [3.05, 3.63) is 126 Å². The highest BCUT2D eigenvalue weighted by Gasteiger charge is 2.45. The molecule has 0 spiro atoms. The SMILES string of the molecule is Cc1ccc(C)c(C[P+](c2ccccc2)(c2ccccc2)c2ccccc2)c1.[Cl-]. The average Bonchev–Trinajstić information content (AvgIpc) is 2.76. The lowest BCUT2D eigenvalue weighted by molar-refractivity contribution is -0.00000560. The van der Waals surface area contributed by atoms with Gasteiger partial charge in [-0.2, -0.15) is 0 Å². The van der Waals surface area contributed by atoms with Crippen LogP contribution in [0.1, 0.15) is 16.7 Å². The molecule has 4 aromatic rings. The lowest BCUT2D eigenvalue weighted by Crippen LogP contribution is -3.00. The lowest BCUT2D eigenvalue weighted by Gasteiger charge is -2.28. The predicted octanol–water partition coefficient (Wildman–Crippen LogP) is 2.80. The number of benzene rings is 4. The normalized spacial score (nSPS) is 11.0. The Morgan fingerprint density at radius 2 is 0.966 bits per heavy atom. The van der Waals surface area contributed by atoms with Crippen LogP contribution in [0.2, 0.25) is 0 Å². The van der Waals surface area contributed by atoms with E-state index in [1.807, 2.05) is 0 Å². The molecular formula is C27H26ClP. The fourth-order valence-electron chi connectivity index (χ4n) is 3.99. The van der Waals surface area contributed by atoms with E-state index < -0.39 is 7.26 Å². The molecule has 0 nitrogen and oxygen atoms in total. The quantitative estimate of drug-likeness (QED) is 0.439. The molecule has 4 rings (SSSR count). The summed E-state index contributed by atoms with van der Waals surface area (Å²) >= 11 is 0. The first-order chi connectivity index (χ1) is 13.7. The van der Waals surface area contributed by atoms with E-state index in [9.17, 15) is 0 Å². The van der Waals surface area contributed by atoms with Gasteiger partial charge in [-0.15, -0.1) is 0 Å². The topological polar surface area (TPSA) is 0 Å². The first kappa shape index (κ1) is 21.3. The Bertz CT molecular complexity index is 947. The minimum absolute atomic E-state index is 0. The molecule has 29 heavy (non-hydrogen) atoms. The average molecular weight is 417 g/mol. The van der Waals surface area contributed by atoms with Gasteiger partial charge in [0.05, 0.1) is 6.16 Å². The third-order valence-corrected chi connectivity index (χ3v) is 9.86. The first-order valence-electron chi connectivity index (χ1n) is 9.81. The van der Waals surface area contributed by atoms with E-state index in [1.165, 1.54) is 32.6 Å². The molecule has 0 N–H and O–H groups in total. The predicted molar refractivity (Wildman–Crippen MR) is 125 cm³/mol. The zero-order chi connectivity index (χ0) is 19.4. The highest BCUT2D eigenvalue weighted by Crippen LogP contribution is 2.58. The molecule has 0 saturated carbocycles. The smallest absolute Gasteiger partial charge is 0.116 e. The molecule has 2 heteroatoms. The summed E-state index contributed by atoms with van der Waals surface area (Å²) in [6, 6.07) is 40.2. The van der Waals surface area contributed by atoms with Gasteiger partial charge in [0.1, 0.15) is 23.2 Å². The van der Waals surface area contributed by atoms with Gasteiger partial charge in [0.25, 0.3) is 0 Å². The maximum atomic E-state index is 2.37. The van der Waals surface area contributed by atoms with Gasteiger partial charge in [-0.05, 0) is 61.4 Å². The van der Waals surface area contributed by atoms with Crippen LogP contribution in [-0.2, 0) is 6.16 Å². The molecule has 0 unspecified atom stereocenters. The third-order valence-electron chi connectivity index (χ3n) is 5.50. The summed E-state index contributed by atoms with van der Waals surface area (Å²) in [6.07, 6.45) is 1.04. The van der Waals surface area contributed by atoms with E-state index in [1.54, 1.807) is 0 Å². The summed E-state index contributed by atoms with van der Waals surface area (Å²) in [6.45, 7) is 4.43. The standard InChI is InChI=1S/C27H26P.ClH/c1-22-18-19-23(2)24(20-22)21-28(25-12-6-3-7-13-25,26-14-8-4-9-15-26)27-16-10-5-11-17-27;/h3-20H,21H2,1-2H3;1H/q+1;/p-1. The minimum atomic E-state index is -1.82. The Morgan fingerprint density at radius 3 is 1.38 bits per heavy atom. The van der Waals surface area contributed by atoms with Crippen molar-refractivity contribution >= 4 is 23.2 Å². The number of hydrogen-bond acceptors (Lipinski definition) is 0. The van der Waals surface area contributed by atoms with E-state index in [0.717, 1.165) is 6.16 Å². The molecule has 0 saturated heterocycles. The van der Waals surface area contributed by atoms with Gasteiger partial charge in [-0.25, -0.2) is 0 Å². The molecule has 0 aliphatic heterocycles. The molecule has 0 heterocycles. The van der Waals surface area contributed by atoms with Crippen molar-refractivity contribution in [2.24, 2.45) is 0 Å². The highest BCUT2D eigenvalue weighted by atomic mass is 35.5. The zero-order valence-electron chi connectivity index (χ0n) is 16.9. The molecular weight excluding hydrogens is 391 g/mol. The monoisotopic (exact) mass is 416 g/mol. The minimum Gasteiger partial charge on any atom is -1.00 e. The summed E-state index contributed by atoms with van der Waals surface area (Å²) in [7, 11) is -1.82. The van der Waals surface area contributed by atoms with Crippen molar-refractivity contribution in [1.29, 1.82) is 0 Å². The second-order valence-corrected chi connectivity index (χ2v) is 10.9. The fourth-order valence-corrected chi connectivity index (χ4v) is 8.33. The summed E-state index contributed by atoms with van der Waals surface area (Å²) in [5.74, 6) is 0. The second-order valence-electron chi connectivity index (χ2n) is 7.40. The Morgan fingerprint density at radius 1 is 0.552 bits per heavy atom. The van der Waals surface area contributed by atoms with Crippen LogP contribution in [-0.4, -0.2) is 0 Å². The van der Waals surface area contributed by atoms with Crippen molar-refractivity contribution in [1.82, 2.24) is 0 Å². The van der Waals surface area contributed by atoms with Crippen LogP contribution in [0, 0.1) is 13.8 Å². The molecule has 0 atom stereocenters. The van der Waals surface area contributed by atoms with Crippen LogP contribution in [0.3, 0.4) is 0 Å². The molecule has 0 aliphatic carbocycles. The van der Waals surface area contributed by atoms with Crippen molar-refractivity contribution < 1.29 is 12.4 Å². The second kappa shape index (κ2) is 9.40. The van der Waals surface area contributed by atoms with Gasteiger partial charge < -0.3 is 12.4 Å². The fraction of sp³-hybridized carbons (Fsp3) is 0.111. The number of halogens is 1. The van der Waals surface area contributed by atoms with Gasteiger partial charge in [-0.3, -0.25) is 0 Å². The summed E-state index contributed by atoms with van der Waals surface area (Å²) in [4.78, 5) is 0. The van der Waals surface area contributed by atoms with E-state index in [-0.39, 0.29) is 12.4 Å². The van der Waals surface area contributed by atoms with Gasteiger partial charge in [0, 0.05) is 0 Å². The number of hydrogen-bond donors (Lipinski definition) is 0. The Balaban J connectivity index is 0.00000240. The van der Waals surface area contributed by atoms with Crippen molar-refractivity contribution in [3.8, 4) is 0 Å². The Labute approximate surface area is 181 Å². The van der Waals surface area contributed by atoms with Crippen LogP contribution in [0.15, 0.2) is 109 Å². The van der Waals surface area contributed by atoms with Crippen LogP contribution in [0.4, 0.5) is 0 Å². The van der Waals surface area contributed by atoms with Crippen molar-refractivity contribution in [2.75, 3.05) is 0 Å². The van der Waals surface area contributed by atoms with Gasteiger partial charge in [-0.1, -0.05) is 78.4 Å². The van der Waals surface area contributed by atoms with Crippen LogP contribution >= 0.6 is 7.26 Å².